The number of anilines is 1. The van der Waals surface area contributed by atoms with Gasteiger partial charge in [-0.05, 0) is 49.0 Å². The van der Waals surface area contributed by atoms with E-state index in [-0.39, 0.29) is 16.5 Å². The van der Waals surface area contributed by atoms with Crippen molar-refractivity contribution < 1.29 is 18.8 Å². The van der Waals surface area contributed by atoms with Crippen LogP contribution in [0.3, 0.4) is 0 Å². The maximum absolute atomic E-state index is 13.8. The second-order valence-electron chi connectivity index (χ2n) is 6.62. The summed E-state index contributed by atoms with van der Waals surface area (Å²) < 4.78 is 19.5. The van der Waals surface area contributed by atoms with Crippen LogP contribution >= 0.6 is 12.2 Å². The number of non-ortho nitro benzene ring substituents is 1. The molecule has 0 radical (unpaired) electrons. The lowest BCUT2D eigenvalue weighted by molar-refractivity contribution is -0.384. The summed E-state index contributed by atoms with van der Waals surface area (Å²) in [5.74, 6) is -0.556. The highest BCUT2D eigenvalue weighted by atomic mass is 32.1. The van der Waals surface area contributed by atoms with Crippen molar-refractivity contribution in [3.63, 3.8) is 0 Å². The molecule has 2 rings (SSSR count). The third-order valence-corrected chi connectivity index (χ3v) is 4.47. The molecule has 2 aromatic rings. The summed E-state index contributed by atoms with van der Waals surface area (Å²) in [6.45, 7) is 2.79. The molecule has 2 aromatic carbocycles. The Morgan fingerprint density at radius 1 is 1.13 bits per heavy atom. The van der Waals surface area contributed by atoms with E-state index >= 15 is 0 Å². The number of hydrogen-bond donors (Lipinski definition) is 2. The van der Waals surface area contributed by atoms with Crippen LogP contribution in [-0.4, -0.2) is 22.5 Å². The zero-order chi connectivity index (χ0) is 21.9. The second-order valence-corrected chi connectivity index (χ2v) is 7.02. The number of carbonyl (C=O) groups excluding carboxylic acids is 1. The molecule has 0 aromatic heterocycles. The van der Waals surface area contributed by atoms with Crippen LogP contribution in [0.1, 0.15) is 49.4 Å². The Balaban J connectivity index is 1.85. The van der Waals surface area contributed by atoms with Crippen molar-refractivity contribution in [3.8, 4) is 5.75 Å². The molecular formula is C21H24FN3O4S. The van der Waals surface area contributed by atoms with Gasteiger partial charge in [-0.2, -0.15) is 0 Å². The fourth-order valence-electron chi connectivity index (χ4n) is 2.65. The predicted octanol–water partition coefficient (Wildman–Crippen LogP) is 5.21. The smallest absolute Gasteiger partial charge is 0.271 e. The third-order valence-electron chi connectivity index (χ3n) is 4.27. The highest BCUT2D eigenvalue weighted by Gasteiger charge is 2.13. The van der Waals surface area contributed by atoms with Crippen molar-refractivity contribution >= 4 is 34.6 Å². The van der Waals surface area contributed by atoms with Crippen LogP contribution in [-0.2, 0) is 0 Å². The van der Waals surface area contributed by atoms with Gasteiger partial charge in [0.25, 0.3) is 11.6 Å². The van der Waals surface area contributed by atoms with Crippen LogP contribution in [0.5, 0.6) is 5.75 Å². The SMILES string of the molecule is CCCCCCCOc1ccc(C(=O)NC(=S)Nc2cc([N+](=O)[O-])ccc2F)cc1. The van der Waals surface area contributed by atoms with Gasteiger partial charge in [0.05, 0.1) is 17.2 Å². The zero-order valence-electron chi connectivity index (χ0n) is 16.7. The molecule has 0 fully saturated rings. The number of rotatable bonds is 10. The fourth-order valence-corrected chi connectivity index (χ4v) is 2.85. The number of ether oxygens (including phenoxy) is 1. The first-order valence-electron chi connectivity index (χ1n) is 9.70. The Hall–Kier alpha value is -3.07. The molecule has 0 unspecified atom stereocenters. The number of benzene rings is 2. The maximum atomic E-state index is 13.8. The van der Waals surface area contributed by atoms with Gasteiger partial charge in [-0.3, -0.25) is 20.2 Å². The number of thiocarbonyl (C=S) groups is 1. The number of amides is 1. The topological polar surface area (TPSA) is 93.5 Å². The molecule has 2 N–H and O–H groups in total. The van der Waals surface area contributed by atoms with E-state index in [2.05, 4.69) is 17.6 Å². The first-order chi connectivity index (χ1) is 14.4. The van der Waals surface area contributed by atoms with Crippen LogP contribution in [0, 0.1) is 15.9 Å². The second kappa shape index (κ2) is 11.8. The van der Waals surface area contributed by atoms with E-state index < -0.39 is 16.6 Å². The molecule has 0 saturated heterocycles. The Morgan fingerprint density at radius 2 is 1.83 bits per heavy atom. The van der Waals surface area contributed by atoms with Crippen molar-refractivity contribution in [2.45, 2.75) is 39.0 Å². The molecule has 0 heterocycles. The Kier molecular flexibility index (Phi) is 9.14. The lowest BCUT2D eigenvalue weighted by Crippen LogP contribution is -2.34. The number of nitro benzene ring substituents is 1. The van der Waals surface area contributed by atoms with Crippen LogP contribution in [0.25, 0.3) is 0 Å². The number of nitrogens with zero attached hydrogens (tertiary/aromatic N) is 1. The average Bonchev–Trinajstić information content (AvgIpc) is 2.72. The van der Waals surface area contributed by atoms with Crippen molar-refractivity contribution in [2.75, 3.05) is 11.9 Å². The minimum atomic E-state index is -0.728. The number of unbranched alkanes of at least 4 members (excludes halogenated alkanes) is 4. The van der Waals surface area contributed by atoms with Gasteiger partial charge >= 0.3 is 0 Å². The summed E-state index contributed by atoms with van der Waals surface area (Å²) in [5.41, 5.74) is -0.153. The van der Waals surface area contributed by atoms with Gasteiger partial charge in [0.1, 0.15) is 11.6 Å². The molecule has 30 heavy (non-hydrogen) atoms. The summed E-state index contributed by atoms with van der Waals surface area (Å²) in [6, 6.07) is 9.57. The van der Waals surface area contributed by atoms with Gasteiger partial charge in [0, 0.05) is 17.7 Å². The van der Waals surface area contributed by atoms with E-state index in [1.54, 1.807) is 24.3 Å². The summed E-state index contributed by atoms with van der Waals surface area (Å²) >= 11 is 5.00. The van der Waals surface area contributed by atoms with Crippen molar-refractivity contribution in [1.29, 1.82) is 0 Å². The molecule has 0 aliphatic rings. The van der Waals surface area contributed by atoms with E-state index in [9.17, 15) is 19.3 Å². The van der Waals surface area contributed by atoms with E-state index in [0.29, 0.717) is 17.9 Å². The molecule has 160 valence electrons. The number of halogens is 1. The van der Waals surface area contributed by atoms with Crippen molar-refractivity contribution in [2.24, 2.45) is 0 Å². The molecule has 9 heteroatoms. The maximum Gasteiger partial charge on any atom is 0.271 e. The summed E-state index contributed by atoms with van der Waals surface area (Å²) in [6.07, 6.45) is 5.74. The Labute approximate surface area is 179 Å². The minimum Gasteiger partial charge on any atom is -0.494 e. The number of nitrogens with one attached hydrogen (secondary N) is 2. The number of carbonyl (C=O) groups is 1. The van der Waals surface area contributed by atoms with Gasteiger partial charge < -0.3 is 10.1 Å². The standard InChI is InChI=1S/C21H24FN3O4S/c1-2-3-4-5-6-13-29-17-10-7-15(8-11-17)20(26)24-21(30)23-19-14-16(25(27)28)9-12-18(19)22/h7-12,14H,2-6,13H2,1H3,(H2,23,24,26,30). The first kappa shape index (κ1) is 23.2. The molecule has 0 aliphatic carbocycles. The van der Waals surface area contributed by atoms with E-state index in [0.717, 1.165) is 31.0 Å². The van der Waals surface area contributed by atoms with E-state index in [1.165, 1.54) is 19.3 Å². The molecule has 0 bridgehead atoms. The quantitative estimate of drug-likeness (QED) is 0.231. The predicted molar refractivity (Wildman–Crippen MR) is 117 cm³/mol. The van der Waals surface area contributed by atoms with Crippen molar-refractivity contribution in [1.82, 2.24) is 5.32 Å². The van der Waals surface area contributed by atoms with Gasteiger partial charge in [-0.15, -0.1) is 0 Å². The van der Waals surface area contributed by atoms with Crippen molar-refractivity contribution in [3.05, 3.63) is 64.0 Å². The van der Waals surface area contributed by atoms with Crippen LogP contribution < -0.4 is 15.4 Å². The highest BCUT2D eigenvalue weighted by molar-refractivity contribution is 7.80. The number of hydrogen-bond acceptors (Lipinski definition) is 5. The van der Waals surface area contributed by atoms with Crippen LogP contribution in [0.2, 0.25) is 0 Å². The number of nitro groups is 1. The van der Waals surface area contributed by atoms with Crippen LogP contribution in [0.4, 0.5) is 15.8 Å². The Morgan fingerprint density at radius 3 is 2.50 bits per heavy atom. The summed E-state index contributed by atoms with van der Waals surface area (Å²) in [5, 5.41) is 15.5. The molecule has 0 saturated carbocycles. The van der Waals surface area contributed by atoms with Gasteiger partial charge in [-0.25, -0.2) is 4.39 Å². The first-order valence-corrected chi connectivity index (χ1v) is 10.1. The van der Waals surface area contributed by atoms with Gasteiger partial charge in [0.2, 0.25) is 0 Å². The van der Waals surface area contributed by atoms with Gasteiger partial charge in [0.15, 0.2) is 5.11 Å². The zero-order valence-corrected chi connectivity index (χ0v) is 17.5. The lowest BCUT2D eigenvalue weighted by Gasteiger charge is -2.11. The van der Waals surface area contributed by atoms with E-state index in [4.69, 9.17) is 17.0 Å². The third kappa shape index (κ3) is 7.40. The normalized spacial score (nSPS) is 10.3. The lowest BCUT2D eigenvalue weighted by atomic mass is 10.2. The van der Waals surface area contributed by atoms with Crippen LogP contribution in [0.15, 0.2) is 42.5 Å². The largest absolute Gasteiger partial charge is 0.494 e. The molecule has 1 amide bonds. The average molecular weight is 434 g/mol. The van der Waals surface area contributed by atoms with Gasteiger partial charge in [-0.1, -0.05) is 32.6 Å². The molecular weight excluding hydrogens is 409 g/mol. The molecule has 0 spiro atoms. The minimum absolute atomic E-state index is 0.174. The fraction of sp³-hybridized carbons (Fsp3) is 0.333. The molecule has 7 nitrogen and oxygen atoms in total. The molecule has 0 atom stereocenters. The highest BCUT2D eigenvalue weighted by Crippen LogP contribution is 2.21. The summed E-state index contributed by atoms with van der Waals surface area (Å²) in [4.78, 5) is 22.5. The Bertz CT molecular complexity index is 890. The molecule has 0 aliphatic heterocycles. The van der Waals surface area contributed by atoms with E-state index in [1.807, 2.05) is 0 Å². The monoisotopic (exact) mass is 433 g/mol. The summed E-state index contributed by atoms with van der Waals surface area (Å²) in [7, 11) is 0.